The van der Waals surface area contributed by atoms with E-state index >= 15 is 0 Å². The summed E-state index contributed by atoms with van der Waals surface area (Å²) in [6.07, 6.45) is 6.85. The zero-order valence-electron chi connectivity index (χ0n) is 17.1. The van der Waals surface area contributed by atoms with Crippen molar-refractivity contribution in [1.82, 2.24) is 5.32 Å². The largest absolute Gasteiger partial charge is 0.489 e. The van der Waals surface area contributed by atoms with Crippen LogP contribution in [0.2, 0.25) is 0 Å². The Kier molecular flexibility index (Phi) is 7.80. The Balaban J connectivity index is 2.10. The second-order valence-electron chi connectivity index (χ2n) is 7.49. The molecule has 0 heterocycles. The third-order valence-electron chi connectivity index (χ3n) is 5.74. The molecule has 7 nitrogen and oxygen atoms in total. The van der Waals surface area contributed by atoms with Gasteiger partial charge in [-0.05, 0) is 25.7 Å². The molecule has 0 aromatic rings. The van der Waals surface area contributed by atoms with Crippen molar-refractivity contribution >= 4 is 17.5 Å². The number of nitrogens with one attached hydrogen (secondary N) is 1. The van der Waals surface area contributed by atoms with Crippen molar-refractivity contribution in [3.63, 3.8) is 0 Å². The van der Waals surface area contributed by atoms with E-state index in [9.17, 15) is 14.4 Å². The summed E-state index contributed by atoms with van der Waals surface area (Å²) in [7, 11) is 4.25. The molecular formula is C21H31NO6. The van der Waals surface area contributed by atoms with E-state index in [2.05, 4.69) is 5.32 Å². The predicted octanol–water partition coefficient (Wildman–Crippen LogP) is 2.19. The molecule has 0 fully saturated rings. The molecule has 0 radical (unpaired) electrons. The predicted molar refractivity (Wildman–Crippen MR) is 103 cm³/mol. The van der Waals surface area contributed by atoms with Crippen LogP contribution >= 0.6 is 0 Å². The number of rotatable bonds is 11. The Bertz CT molecular complexity index is 653. The van der Waals surface area contributed by atoms with Gasteiger partial charge in [0.15, 0.2) is 0 Å². The first-order valence-corrected chi connectivity index (χ1v) is 9.92. The Labute approximate surface area is 166 Å². The van der Waals surface area contributed by atoms with Gasteiger partial charge in [0.2, 0.25) is 29.0 Å². The van der Waals surface area contributed by atoms with Crippen molar-refractivity contribution in [2.45, 2.75) is 57.8 Å². The minimum absolute atomic E-state index is 0.0807. The minimum atomic E-state index is -0.780. The topological polar surface area (TPSA) is 102 Å². The Hall–Kier alpha value is -2.15. The van der Waals surface area contributed by atoms with Crippen molar-refractivity contribution in [2.75, 3.05) is 27.9 Å². The van der Waals surface area contributed by atoms with Crippen LogP contribution in [0.1, 0.15) is 57.8 Å². The monoisotopic (exact) mass is 393 g/mol. The smallest absolute Gasteiger partial charge is 0.228 e. The summed E-state index contributed by atoms with van der Waals surface area (Å²) >= 11 is 0. The highest BCUT2D eigenvalue weighted by Crippen LogP contribution is 2.49. The van der Waals surface area contributed by atoms with E-state index < -0.39 is 5.41 Å². The summed E-state index contributed by atoms with van der Waals surface area (Å²) in [5, 5.41) is 11.5. The molecule has 2 N–H and O–H groups in total. The molecular weight excluding hydrogens is 362 g/mol. The highest BCUT2D eigenvalue weighted by atomic mass is 16.5. The lowest BCUT2D eigenvalue weighted by atomic mass is 9.77. The molecule has 156 valence electrons. The molecule has 2 aliphatic carbocycles. The van der Waals surface area contributed by atoms with Crippen molar-refractivity contribution in [1.29, 1.82) is 0 Å². The fourth-order valence-electron chi connectivity index (χ4n) is 4.24. The number of aliphatic hydroxyl groups excluding tert-OH is 1. The summed E-state index contributed by atoms with van der Waals surface area (Å²) in [6.45, 7) is 0.222. The summed E-state index contributed by atoms with van der Waals surface area (Å²) in [5.41, 5.74) is -0.0129. The van der Waals surface area contributed by atoms with Gasteiger partial charge in [-0.25, -0.2) is 0 Å². The SMILES string of the molecule is CNC(=O)C1(CCCCCCCCO)CC2=C(C1)C(=O)C(OC)=C(OC)C2=O. The van der Waals surface area contributed by atoms with Crippen LogP contribution in [0.4, 0.5) is 0 Å². The van der Waals surface area contributed by atoms with Gasteiger partial charge in [-0.1, -0.05) is 32.1 Å². The zero-order valence-corrected chi connectivity index (χ0v) is 17.1. The van der Waals surface area contributed by atoms with E-state index in [1.807, 2.05) is 0 Å². The first kappa shape index (κ1) is 22.1. The molecule has 0 aromatic carbocycles. The number of Topliss-reactive ketones (excluding diaryl/α,β-unsaturated/α-hetero) is 2. The van der Waals surface area contributed by atoms with Crippen molar-refractivity contribution < 1.29 is 29.0 Å². The number of hydrogen-bond acceptors (Lipinski definition) is 6. The number of unbranched alkanes of at least 4 members (excludes halogenated alkanes) is 5. The lowest BCUT2D eigenvalue weighted by Gasteiger charge is -2.27. The van der Waals surface area contributed by atoms with Gasteiger partial charge in [-0.15, -0.1) is 0 Å². The molecule has 0 atom stereocenters. The number of ether oxygens (including phenoxy) is 2. The number of amides is 1. The highest BCUT2D eigenvalue weighted by molar-refractivity contribution is 6.24. The van der Waals surface area contributed by atoms with Gasteiger partial charge in [-0.3, -0.25) is 14.4 Å². The second kappa shape index (κ2) is 9.87. The van der Waals surface area contributed by atoms with E-state index in [4.69, 9.17) is 14.6 Å². The Morgan fingerprint density at radius 1 is 0.929 bits per heavy atom. The fraction of sp³-hybridized carbons (Fsp3) is 0.667. The van der Waals surface area contributed by atoms with Gasteiger partial charge in [0.05, 0.1) is 19.6 Å². The third kappa shape index (κ3) is 4.29. The van der Waals surface area contributed by atoms with Crippen LogP contribution in [0.15, 0.2) is 22.7 Å². The molecule has 0 aliphatic heterocycles. The maximum atomic E-state index is 12.8. The Morgan fingerprint density at radius 3 is 1.82 bits per heavy atom. The lowest BCUT2D eigenvalue weighted by Crippen LogP contribution is -2.38. The van der Waals surface area contributed by atoms with E-state index in [0.29, 0.717) is 17.6 Å². The fourth-order valence-corrected chi connectivity index (χ4v) is 4.24. The third-order valence-corrected chi connectivity index (χ3v) is 5.74. The van der Waals surface area contributed by atoms with Gasteiger partial charge >= 0.3 is 0 Å². The first-order valence-electron chi connectivity index (χ1n) is 9.92. The van der Waals surface area contributed by atoms with Crippen LogP contribution in [0.25, 0.3) is 0 Å². The van der Waals surface area contributed by atoms with Crippen LogP contribution < -0.4 is 5.32 Å². The number of aliphatic hydroxyl groups is 1. The molecule has 0 spiro atoms. The maximum absolute atomic E-state index is 12.8. The number of allylic oxidation sites excluding steroid dienone is 2. The standard InChI is InChI=1S/C21H31NO6/c1-22-20(26)21(10-8-6-4-5-7-9-11-23)12-14-15(13-21)17(25)19(28-3)18(27-2)16(14)24/h23H,4-13H2,1-3H3,(H,22,26). The van der Waals surface area contributed by atoms with E-state index in [-0.39, 0.29) is 48.4 Å². The maximum Gasteiger partial charge on any atom is 0.228 e. The van der Waals surface area contributed by atoms with Gasteiger partial charge in [0.25, 0.3) is 0 Å². The first-order chi connectivity index (χ1) is 13.5. The van der Waals surface area contributed by atoms with Gasteiger partial charge in [0, 0.05) is 24.8 Å². The van der Waals surface area contributed by atoms with Crippen LogP contribution in [0.3, 0.4) is 0 Å². The van der Waals surface area contributed by atoms with Crippen LogP contribution in [0.5, 0.6) is 0 Å². The van der Waals surface area contributed by atoms with Crippen LogP contribution in [0, 0.1) is 5.41 Å². The number of ketones is 2. The number of carbonyl (C=O) groups is 3. The summed E-state index contributed by atoms with van der Waals surface area (Å²) < 4.78 is 10.2. The summed E-state index contributed by atoms with van der Waals surface area (Å²) in [4.78, 5) is 38.3. The number of carbonyl (C=O) groups excluding carboxylic acids is 3. The van der Waals surface area contributed by atoms with E-state index in [0.717, 1.165) is 38.5 Å². The summed E-state index contributed by atoms with van der Waals surface area (Å²) in [6, 6.07) is 0. The number of hydrogen-bond donors (Lipinski definition) is 2. The van der Waals surface area contributed by atoms with Crippen molar-refractivity contribution in [2.24, 2.45) is 5.41 Å². The highest BCUT2D eigenvalue weighted by Gasteiger charge is 2.51. The lowest BCUT2D eigenvalue weighted by molar-refractivity contribution is -0.130. The second-order valence-corrected chi connectivity index (χ2v) is 7.49. The molecule has 0 unspecified atom stereocenters. The normalized spacial score (nSPS) is 18.4. The molecule has 28 heavy (non-hydrogen) atoms. The molecule has 7 heteroatoms. The molecule has 0 saturated heterocycles. The Morgan fingerprint density at radius 2 is 1.39 bits per heavy atom. The zero-order chi connectivity index (χ0) is 20.7. The quantitative estimate of drug-likeness (QED) is 0.412. The van der Waals surface area contributed by atoms with Gasteiger partial charge < -0.3 is 19.9 Å². The molecule has 0 aromatic heterocycles. The molecule has 0 saturated carbocycles. The average Bonchev–Trinajstić information content (AvgIpc) is 3.10. The van der Waals surface area contributed by atoms with Crippen molar-refractivity contribution in [3.05, 3.63) is 22.7 Å². The van der Waals surface area contributed by atoms with Crippen LogP contribution in [-0.4, -0.2) is 50.5 Å². The molecule has 2 rings (SSSR count). The van der Waals surface area contributed by atoms with Crippen LogP contribution in [-0.2, 0) is 23.9 Å². The average molecular weight is 393 g/mol. The molecule has 0 bridgehead atoms. The van der Waals surface area contributed by atoms with Crippen molar-refractivity contribution in [3.8, 4) is 0 Å². The summed E-state index contributed by atoms with van der Waals surface area (Å²) in [5.74, 6) is -1.01. The van der Waals surface area contributed by atoms with E-state index in [1.165, 1.54) is 14.2 Å². The minimum Gasteiger partial charge on any atom is -0.489 e. The van der Waals surface area contributed by atoms with Gasteiger partial charge in [0.1, 0.15) is 0 Å². The van der Waals surface area contributed by atoms with Gasteiger partial charge in [-0.2, -0.15) is 0 Å². The number of methoxy groups -OCH3 is 2. The van der Waals surface area contributed by atoms with E-state index in [1.54, 1.807) is 7.05 Å². The molecule has 2 aliphatic rings. The molecule has 1 amide bonds.